The smallest absolute Gasteiger partial charge is 0.261 e. The van der Waals surface area contributed by atoms with Crippen molar-refractivity contribution < 1.29 is 13.2 Å². The van der Waals surface area contributed by atoms with Crippen LogP contribution < -0.4 is 10.0 Å². The summed E-state index contributed by atoms with van der Waals surface area (Å²) in [6, 6.07) is 1.99. The maximum Gasteiger partial charge on any atom is 0.261 e. The van der Waals surface area contributed by atoms with E-state index in [0.29, 0.717) is 6.54 Å². The number of carbonyl (C=O) groups is 1. The summed E-state index contributed by atoms with van der Waals surface area (Å²) in [5, 5.41) is 2.74. The molecule has 1 aromatic rings. The van der Waals surface area contributed by atoms with Gasteiger partial charge >= 0.3 is 0 Å². The number of hydrogen-bond acceptors (Lipinski definition) is 4. The Morgan fingerprint density at radius 3 is 2.75 bits per heavy atom. The highest BCUT2D eigenvalue weighted by Gasteiger charge is 2.16. The molecular formula is C13H20N2O3S2. The fraction of sp³-hybridized carbons (Fsp3) is 0.615. The van der Waals surface area contributed by atoms with Gasteiger partial charge in [0.05, 0.1) is 11.1 Å². The molecule has 0 saturated heterocycles. The molecule has 0 unspecified atom stereocenters. The van der Waals surface area contributed by atoms with Gasteiger partial charge in [0.2, 0.25) is 10.0 Å². The van der Waals surface area contributed by atoms with Crippen LogP contribution in [0.1, 0.15) is 39.4 Å². The first-order valence-corrected chi connectivity index (χ1v) is 9.51. The second-order valence-corrected chi connectivity index (χ2v) is 8.01. The summed E-state index contributed by atoms with van der Waals surface area (Å²) in [4.78, 5) is 14.1. The molecule has 1 aliphatic carbocycles. The fourth-order valence-electron chi connectivity index (χ4n) is 2.28. The minimum atomic E-state index is -3.19. The molecule has 1 heterocycles. The number of sulfonamides is 1. The molecule has 0 aromatic carbocycles. The van der Waals surface area contributed by atoms with Gasteiger partial charge in [0, 0.05) is 18.0 Å². The number of nitrogens with one attached hydrogen (secondary N) is 2. The first-order valence-electron chi connectivity index (χ1n) is 6.80. The van der Waals surface area contributed by atoms with E-state index in [1.54, 1.807) is 11.3 Å². The highest BCUT2D eigenvalue weighted by atomic mass is 32.2. The van der Waals surface area contributed by atoms with E-state index in [4.69, 9.17) is 0 Å². The van der Waals surface area contributed by atoms with Gasteiger partial charge in [-0.05, 0) is 37.3 Å². The zero-order valence-corrected chi connectivity index (χ0v) is 13.2. The highest BCUT2D eigenvalue weighted by Crippen LogP contribution is 2.28. The lowest BCUT2D eigenvalue weighted by molar-refractivity contribution is 0.0958. The van der Waals surface area contributed by atoms with Gasteiger partial charge in [-0.25, -0.2) is 13.1 Å². The Hall–Kier alpha value is -0.920. The third-order valence-electron chi connectivity index (χ3n) is 3.25. The predicted octanol–water partition coefficient (Wildman–Crippen LogP) is 1.30. The quantitative estimate of drug-likeness (QED) is 0.635. The Balaban J connectivity index is 1.87. The molecule has 0 aliphatic heterocycles. The van der Waals surface area contributed by atoms with Crippen LogP contribution in [0.25, 0.3) is 0 Å². The summed E-state index contributed by atoms with van der Waals surface area (Å²) in [6.07, 6.45) is 6.90. The van der Waals surface area contributed by atoms with E-state index in [9.17, 15) is 13.2 Å². The van der Waals surface area contributed by atoms with Crippen LogP contribution >= 0.6 is 11.3 Å². The van der Waals surface area contributed by atoms with Crippen LogP contribution in [0, 0.1) is 0 Å². The first-order chi connectivity index (χ1) is 9.46. The van der Waals surface area contributed by atoms with Crippen molar-refractivity contribution in [3.8, 4) is 0 Å². The van der Waals surface area contributed by atoms with Gasteiger partial charge in [-0.3, -0.25) is 4.79 Å². The Bertz CT molecular complexity index is 555. The van der Waals surface area contributed by atoms with Gasteiger partial charge < -0.3 is 5.32 Å². The normalized spacial score (nSPS) is 15.4. The van der Waals surface area contributed by atoms with Gasteiger partial charge in [0.25, 0.3) is 5.91 Å². The summed E-state index contributed by atoms with van der Waals surface area (Å²) < 4.78 is 24.1. The number of amides is 1. The van der Waals surface area contributed by atoms with Gasteiger partial charge in [-0.1, -0.05) is 6.42 Å². The Labute approximate surface area is 123 Å². The standard InChI is InChI=1S/C13H20N2O3S2/c1-20(17,18)15-8-7-14-13(16)12-9-10-5-3-2-4-6-11(10)19-12/h9,15H,2-8H2,1H3,(H,14,16). The molecule has 1 aromatic heterocycles. The van der Waals surface area contributed by atoms with E-state index in [-0.39, 0.29) is 12.5 Å². The lowest BCUT2D eigenvalue weighted by Crippen LogP contribution is -2.33. The molecule has 2 N–H and O–H groups in total. The molecule has 112 valence electrons. The largest absolute Gasteiger partial charge is 0.350 e. The van der Waals surface area contributed by atoms with Crippen LogP contribution in [0.5, 0.6) is 0 Å². The van der Waals surface area contributed by atoms with Crippen LogP contribution in [0.4, 0.5) is 0 Å². The summed E-state index contributed by atoms with van der Waals surface area (Å²) in [5.74, 6) is -0.113. The average molecular weight is 316 g/mol. The number of aryl methyl sites for hydroxylation is 2. The van der Waals surface area contributed by atoms with Crippen molar-refractivity contribution in [2.75, 3.05) is 19.3 Å². The molecule has 0 saturated carbocycles. The van der Waals surface area contributed by atoms with Gasteiger partial charge in [-0.2, -0.15) is 0 Å². The minimum Gasteiger partial charge on any atom is -0.350 e. The van der Waals surface area contributed by atoms with Crippen molar-refractivity contribution in [3.05, 3.63) is 21.4 Å². The summed E-state index contributed by atoms with van der Waals surface area (Å²) in [7, 11) is -3.19. The Morgan fingerprint density at radius 2 is 2.00 bits per heavy atom. The number of rotatable bonds is 5. The molecular weight excluding hydrogens is 296 g/mol. The molecule has 0 spiro atoms. The molecule has 1 amide bonds. The molecule has 0 fully saturated rings. The zero-order valence-electron chi connectivity index (χ0n) is 11.6. The van der Waals surface area contributed by atoms with Gasteiger partial charge in [-0.15, -0.1) is 11.3 Å². The Morgan fingerprint density at radius 1 is 1.25 bits per heavy atom. The molecule has 0 bridgehead atoms. The monoisotopic (exact) mass is 316 g/mol. The molecule has 5 nitrogen and oxygen atoms in total. The van der Waals surface area contributed by atoms with Crippen molar-refractivity contribution in [2.24, 2.45) is 0 Å². The molecule has 0 radical (unpaired) electrons. The Kier molecular flexibility index (Phi) is 5.17. The summed E-state index contributed by atoms with van der Waals surface area (Å²) in [5.41, 5.74) is 1.31. The van der Waals surface area contributed by atoms with Crippen molar-refractivity contribution >= 4 is 27.3 Å². The topological polar surface area (TPSA) is 75.3 Å². The van der Waals surface area contributed by atoms with Crippen LogP contribution in [-0.4, -0.2) is 33.7 Å². The second kappa shape index (κ2) is 6.69. The maximum atomic E-state index is 12.0. The highest BCUT2D eigenvalue weighted by molar-refractivity contribution is 7.88. The maximum absolute atomic E-state index is 12.0. The van der Waals surface area contributed by atoms with E-state index >= 15 is 0 Å². The lowest BCUT2D eigenvalue weighted by Gasteiger charge is -2.04. The number of thiophene rings is 1. The number of hydrogen-bond donors (Lipinski definition) is 2. The third-order valence-corrected chi connectivity index (χ3v) is 5.21. The van der Waals surface area contributed by atoms with Crippen LogP contribution in [0.15, 0.2) is 6.07 Å². The van der Waals surface area contributed by atoms with Crippen LogP contribution in [-0.2, 0) is 22.9 Å². The molecule has 1 aliphatic rings. The average Bonchev–Trinajstić information content (AvgIpc) is 2.65. The van der Waals surface area contributed by atoms with E-state index in [0.717, 1.165) is 24.0 Å². The second-order valence-electron chi connectivity index (χ2n) is 5.04. The van der Waals surface area contributed by atoms with Crippen molar-refractivity contribution in [3.63, 3.8) is 0 Å². The molecule has 20 heavy (non-hydrogen) atoms. The molecule has 0 atom stereocenters. The summed E-state index contributed by atoms with van der Waals surface area (Å²) >= 11 is 1.57. The molecule has 2 rings (SSSR count). The van der Waals surface area contributed by atoms with Gasteiger partial charge in [0.15, 0.2) is 0 Å². The lowest BCUT2D eigenvalue weighted by atomic mass is 10.1. The predicted molar refractivity (Wildman–Crippen MR) is 80.8 cm³/mol. The van der Waals surface area contributed by atoms with Crippen molar-refractivity contribution in [1.82, 2.24) is 10.0 Å². The number of fused-ring (bicyclic) bond motifs is 1. The SMILES string of the molecule is CS(=O)(=O)NCCNC(=O)c1cc2c(s1)CCCCC2. The first kappa shape index (κ1) is 15.5. The summed E-state index contributed by atoms with van der Waals surface area (Å²) in [6.45, 7) is 0.518. The van der Waals surface area contributed by atoms with Crippen LogP contribution in [0.2, 0.25) is 0 Å². The van der Waals surface area contributed by atoms with E-state index in [2.05, 4.69) is 10.0 Å². The van der Waals surface area contributed by atoms with E-state index < -0.39 is 10.0 Å². The fourth-order valence-corrected chi connectivity index (χ4v) is 3.92. The van der Waals surface area contributed by atoms with E-state index in [1.165, 1.54) is 29.7 Å². The third kappa shape index (κ3) is 4.57. The van der Waals surface area contributed by atoms with Crippen molar-refractivity contribution in [2.45, 2.75) is 32.1 Å². The minimum absolute atomic E-state index is 0.113. The molecule has 7 heteroatoms. The zero-order chi connectivity index (χ0) is 14.6. The van der Waals surface area contributed by atoms with Crippen LogP contribution in [0.3, 0.4) is 0 Å². The van der Waals surface area contributed by atoms with Gasteiger partial charge in [0.1, 0.15) is 0 Å². The van der Waals surface area contributed by atoms with E-state index in [1.807, 2.05) is 6.07 Å². The number of carbonyl (C=O) groups excluding carboxylic acids is 1. The van der Waals surface area contributed by atoms with Crippen molar-refractivity contribution in [1.29, 1.82) is 0 Å².